The first-order chi connectivity index (χ1) is 8.04. The standard InChI is InChI=1S/C13H12O4/c1-9-8-11(12(15)6-7-14)3-2-10(9)4-5-13(16)17/h2-5,7-8H,6H2,1H3,(H,16,17). The number of Topliss-reactive ketones (excluding diaryl/α,β-unsaturated/α-hetero) is 1. The van der Waals surface area contributed by atoms with Crippen molar-refractivity contribution in [2.75, 3.05) is 0 Å². The third kappa shape index (κ3) is 3.68. The lowest BCUT2D eigenvalue weighted by molar-refractivity contribution is -0.131. The van der Waals surface area contributed by atoms with Crippen molar-refractivity contribution in [1.82, 2.24) is 0 Å². The molecule has 0 unspecified atom stereocenters. The Morgan fingerprint density at radius 2 is 2.06 bits per heavy atom. The number of rotatable bonds is 5. The van der Waals surface area contributed by atoms with Crippen LogP contribution in [0.25, 0.3) is 6.08 Å². The zero-order valence-electron chi connectivity index (χ0n) is 9.34. The SMILES string of the molecule is Cc1cc(C(=O)CC=O)ccc1C=CC(=O)O. The fraction of sp³-hybridized carbons (Fsp3) is 0.154. The number of hydrogen-bond donors (Lipinski definition) is 1. The van der Waals surface area contributed by atoms with E-state index in [1.807, 2.05) is 0 Å². The Bertz CT molecular complexity index is 486. The number of benzene rings is 1. The highest BCUT2D eigenvalue weighted by molar-refractivity contribution is 6.03. The second-order valence-corrected chi connectivity index (χ2v) is 3.54. The summed E-state index contributed by atoms with van der Waals surface area (Å²) in [6, 6.07) is 4.89. The van der Waals surface area contributed by atoms with Crippen LogP contribution in [0.2, 0.25) is 0 Å². The number of carboxylic acid groups (broad SMARTS) is 1. The summed E-state index contributed by atoms with van der Waals surface area (Å²) in [5.41, 5.74) is 1.98. The van der Waals surface area contributed by atoms with Crippen LogP contribution in [-0.4, -0.2) is 23.1 Å². The van der Waals surface area contributed by atoms with Crippen molar-refractivity contribution in [1.29, 1.82) is 0 Å². The van der Waals surface area contributed by atoms with E-state index in [0.29, 0.717) is 11.8 Å². The number of aliphatic carboxylic acids is 1. The summed E-state index contributed by atoms with van der Waals surface area (Å²) in [5, 5.41) is 8.50. The molecule has 88 valence electrons. The van der Waals surface area contributed by atoms with E-state index >= 15 is 0 Å². The molecule has 0 radical (unpaired) electrons. The van der Waals surface area contributed by atoms with Crippen molar-refractivity contribution in [3.8, 4) is 0 Å². The number of ketones is 1. The van der Waals surface area contributed by atoms with E-state index in [-0.39, 0.29) is 12.2 Å². The Balaban J connectivity index is 2.97. The Morgan fingerprint density at radius 3 is 2.59 bits per heavy atom. The Labute approximate surface area is 98.6 Å². The maximum absolute atomic E-state index is 11.4. The molecule has 1 aromatic rings. The molecule has 1 rings (SSSR count). The van der Waals surface area contributed by atoms with Crippen LogP contribution in [0.3, 0.4) is 0 Å². The van der Waals surface area contributed by atoms with E-state index in [1.54, 1.807) is 25.1 Å². The van der Waals surface area contributed by atoms with Crippen LogP contribution in [-0.2, 0) is 9.59 Å². The van der Waals surface area contributed by atoms with Crippen molar-refractivity contribution < 1.29 is 19.5 Å². The summed E-state index contributed by atoms with van der Waals surface area (Å²) in [5.74, 6) is -1.26. The molecule has 4 heteroatoms. The summed E-state index contributed by atoms with van der Waals surface area (Å²) >= 11 is 0. The summed E-state index contributed by atoms with van der Waals surface area (Å²) in [4.78, 5) is 32.0. The molecule has 0 heterocycles. The van der Waals surface area contributed by atoms with Gasteiger partial charge in [-0.25, -0.2) is 4.79 Å². The molecule has 0 aliphatic rings. The third-order valence-corrected chi connectivity index (χ3v) is 2.27. The van der Waals surface area contributed by atoms with Gasteiger partial charge in [0.2, 0.25) is 0 Å². The highest BCUT2D eigenvalue weighted by atomic mass is 16.4. The van der Waals surface area contributed by atoms with Gasteiger partial charge in [-0.15, -0.1) is 0 Å². The van der Waals surface area contributed by atoms with Crippen molar-refractivity contribution in [2.24, 2.45) is 0 Å². The second kappa shape index (κ2) is 5.75. The zero-order valence-corrected chi connectivity index (χ0v) is 9.34. The molecule has 1 aromatic carbocycles. The number of aldehydes is 1. The molecule has 0 amide bonds. The lowest BCUT2D eigenvalue weighted by atomic mass is 10.0. The van der Waals surface area contributed by atoms with Gasteiger partial charge < -0.3 is 9.90 Å². The van der Waals surface area contributed by atoms with Crippen LogP contribution in [0.5, 0.6) is 0 Å². The second-order valence-electron chi connectivity index (χ2n) is 3.54. The minimum Gasteiger partial charge on any atom is -0.478 e. The number of carbonyl (C=O) groups is 3. The third-order valence-electron chi connectivity index (χ3n) is 2.27. The van der Waals surface area contributed by atoms with E-state index < -0.39 is 5.97 Å². The van der Waals surface area contributed by atoms with Crippen LogP contribution < -0.4 is 0 Å². The molecule has 0 fully saturated rings. The monoisotopic (exact) mass is 232 g/mol. The van der Waals surface area contributed by atoms with Crippen molar-refractivity contribution in [3.63, 3.8) is 0 Å². The molecular weight excluding hydrogens is 220 g/mol. The fourth-order valence-corrected chi connectivity index (χ4v) is 1.39. The van der Waals surface area contributed by atoms with Gasteiger partial charge in [0.05, 0.1) is 6.42 Å². The average molecular weight is 232 g/mol. The predicted molar refractivity (Wildman–Crippen MR) is 62.9 cm³/mol. The lowest BCUT2D eigenvalue weighted by Crippen LogP contribution is -2.00. The number of hydrogen-bond acceptors (Lipinski definition) is 3. The fourth-order valence-electron chi connectivity index (χ4n) is 1.39. The van der Waals surface area contributed by atoms with Crippen molar-refractivity contribution in [2.45, 2.75) is 13.3 Å². The summed E-state index contributed by atoms with van der Waals surface area (Å²) in [6.07, 6.45) is 2.93. The molecule has 0 aromatic heterocycles. The predicted octanol–water partition coefficient (Wildman–Crippen LogP) is 1.86. The van der Waals surface area contributed by atoms with Gasteiger partial charge in [0.1, 0.15) is 6.29 Å². The highest BCUT2D eigenvalue weighted by Gasteiger charge is 2.06. The van der Waals surface area contributed by atoms with Crippen molar-refractivity contribution in [3.05, 3.63) is 41.0 Å². The summed E-state index contributed by atoms with van der Waals surface area (Å²) in [6.45, 7) is 1.78. The number of carboxylic acids is 1. The molecule has 0 spiro atoms. The van der Waals surface area contributed by atoms with Gasteiger partial charge in [0.15, 0.2) is 5.78 Å². The molecular formula is C13H12O4. The molecule has 0 saturated carbocycles. The van der Waals surface area contributed by atoms with Gasteiger partial charge in [0, 0.05) is 11.6 Å². The Morgan fingerprint density at radius 1 is 1.35 bits per heavy atom. The van der Waals surface area contributed by atoms with Gasteiger partial charge in [0.25, 0.3) is 0 Å². The molecule has 17 heavy (non-hydrogen) atoms. The maximum atomic E-state index is 11.4. The highest BCUT2D eigenvalue weighted by Crippen LogP contribution is 2.14. The normalized spacial score (nSPS) is 10.4. The summed E-state index contributed by atoms with van der Waals surface area (Å²) < 4.78 is 0. The number of aryl methyl sites for hydroxylation is 1. The molecule has 0 aliphatic carbocycles. The van der Waals surface area contributed by atoms with Gasteiger partial charge in [-0.3, -0.25) is 4.79 Å². The van der Waals surface area contributed by atoms with Gasteiger partial charge in [-0.05, 0) is 30.2 Å². The zero-order chi connectivity index (χ0) is 12.8. The molecule has 0 atom stereocenters. The molecule has 0 aliphatic heterocycles. The number of carbonyl (C=O) groups excluding carboxylic acids is 2. The molecule has 1 N–H and O–H groups in total. The van der Waals surface area contributed by atoms with E-state index in [1.165, 1.54) is 6.08 Å². The van der Waals surface area contributed by atoms with Crippen LogP contribution in [0.4, 0.5) is 0 Å². The minimum atomic E-state index is -1.02. The van der Waals surface area contributed by atoms with E-state index in [2.05, 4.69) is 0 Å². The van der Waals surface area contributed by atoms with Crippen LogP contribution in [0.15, 0.2) is 24.3 Å². The van der Waals surface area contributed by atoms with Gasteiger partial charge >= 0.3 is 5.97 Å². The quantitative estimate of drug-likeness (QED) is 0.364. The van der Waals surface area contributed by atoms with Crippen molar-refractivity contribution >= 4 is 24.1 Å². The van der Waals surface area contributed by atoms with E-state index in [9.17, 15) is 14.4 Å². The van der Waals surface area contributed by atoms with E-state index in [0.717, 1.165) is 17.2 Å². The van der Waals surface area contributed by atoms with Crippen LogP contribution in [0, 0.1) is 6.92 Å². The van der Waals surface area contributed by atoms with Crippen LogP contribution >= 0.6 is 0 Å². The van der Waals surface area contributed by atoms with Crippen LogP contribution in [0.1, 0.15) is 27.9 Å². The Kier molecular flexibility index (Phi) is 4.34. The molecule has 4 nitrogen and oxygen atoms in total. The van der Waals surface area contributed by atoms with Gasteiger partial charge in [-0.1, -0.05) is 12.1 Å². The maximum Gasteiger partial charge on any atom is 0.328 e. The Hall–Kier alpha value is -2.23. The molecule has 0 saturated heterocycles. The minimum absolute atomic E-state index is 0.135. The molecule has 0 bridgehead atoms. The first-order valence-electron chi connectivity index (χ1n) is 5.03. The van der Waals surface area contributed by atoms with E-state index in [4.69, 9.17) is 5.11 Å². The topological polar surface area (TPSA) is 71.4 Å². The largest absolute Gasteiger partial charge is 0.478 e. The smallest absolute Gasteiger partial charge is 0.328 e. The summed E-state index contributed by atoms with van der Waals surface area (Å²) in [7, 11) is 0. The first kappa shape index (κ1) is 12.8. The first-order valence-corrected chi connectivity index (χ1v) is 5.03. The van der Waals surface area contributed by atoms with Gasteiger partial charge in [-0.2, -0.15) is 0 Å². The lowest BCUT2D eigenvalue weighted by Gasteiger charge is -2.03. The average Bonchev–Trinajstić information content (AvgIpc) is 2.27.